The molecule has 0 heterocycles. The lowest BCUT2D eigenvalue weighted by Crippen LogP contribution is -1.88. The van der Waals surface area contributed by atoms with Crippen LogP contribution in [0.15, 0.2) is 47.5 Å². The Morgan fingerprint density at radius 2 is 1.80 bits per heavy atom. The summed E-state index contributed by atoms with van der Waals surface area (Å²) in [7, 11) is 1.53. The molecule has 0 aliphatic rings. The van der Waals surface area contributed by atoms with E-state index in [1.807, 2.05) is 18.2 Å². The van der Waals surface area contributed by atoms with Crippen molar-refractivity contribution in [2.75, 3.05) is 7.11 Å². The zero-order valence-electron chi connectivity index (χ0n) is 12.0. The number of aromatic hydroxyl groups is 1. The smallest absolute Gasteiger partial charge is 0.166 e. The number of rotatable bonds is 4. The Hall–Kier alpha value is -2.29. The van der Waals surface area contributed by atoms with Gasteiger partial charge >= 0.3 is 0 Å². The predicted molar refractivity (Wildman–Crippen MR) is 82.4 cm³/mol. The van der Waals surface area contributed by atoms with Gasteiger partial charge in [-0.15, -0.1) is 0 Å². The van der Waals surface area contributed by atoms with Gasteiger partial charge in [0.15, 0.2) is 11.5 Å². The zero-order valence-corrected chi connectivity index (χ0v) is 12.0. The van der Waals surface area contributed by atoms with E-state index in [-0.39, 0.29) is 5.75 Å². The first-order valence-corrected chi connectivity index (χ1v) is 6.62. The lowest BCUT2D eigenvalue weighted by atomic mass is 10.0. The summed E-state index contributed by atoms with van der Waals surface area (Å²) in [5.74, 6) is 1.07. The van der Waals surface area contributed by atoms with Crippen LogP contribution >= 0.6 is 0 Å². The van der Waals surface area contributed by atoms with Crippen LogP contribution in [0.25, 0.3) is 0 Å². The summed E-state index contributed by atoms with van der Waals surface area (Å²) in [6.07, 6.45) is 1.64. The lowest BCUT2D eigenvalue weighted by Gasteiger charge is -2.06. The highest BCUT2D eigenvalue weighted by atomic mass is 16.5. The van der Waals surface area contributed by atoms with Gasteiger partial charge in [-0.1, -0.05) is 32.0 Å². The molecule has 0 atom stereocenters. The summed E-state index contributed by atoms with van der Waals surface area (Å²) in [6.45, 7) is 4.32. The largest absolute Gasteiger partial charge is 0.504 e. The van der Waals surface area contributed by atoms with Crippen molar-refractivity contribution in [1.82, 2.24) is 0 Å². The summed E-state index contributed by atoms with van der Waals surface area (Å²) in [6, 6.07) is 13.4. The van der Waals surface area contributed by atoms with E-state index in [9.17, 15) is 5.11 Å². The van der Waals surface area contributed by atoms with E-state index in [4.69, 9.17) is 4.74 Å². The Bertz CT molecular complexity index is 601. The van der Waals surface area contributed by atoms with Gasteiger partial charge in [0.25, 0.3) is 0 Å². The summed E-state index contributed by atoms with van der Waals surface area (Å²) in [5, 5.41) is 9.97. The molecule has 0 unspecified atom stereocenters. The van der Waals surface area contributed by atoms with Gasteiger partial charge in [0.2, 0.25) is 0 Å². The average Bonchev–Trinajstić information content (AvgIpc) is 2.46. The third-order valence-electron chi connectivity index (χ3n) is 3.16. The van der Waals surface area contributed by atoms with Gasteiger partial charge in [-0.05, 0) is 35.7 Å². The van der Waals surface area contributed by atoms with E-state index in [1.165, 1.54) is 12.7 Å². The Morgan fingerprint density at radius 1 is 1.10 bits per heavy atom. The fraction of sp³-hybridized carbons (Fsp3) is 0.235. The lowest BCUT2D eigenvalue weighted by molar-refractivity contribution is 0.373. The number of phenolic OH excluding ortho intramolecular Hbond substituents is 1. The molecule has 3 nitrogen and oxygen atoms in total. The molecule has 2 aromatic carbocycles. The van der Waals surface area contributed by atoms with E-state index in [1.54, 1.807) is 18.3 Å². The van der Waals surface area contributed by atoms with Crippen LogP contribution in [0.1, 0.15) is 30.9 Å². The minimum absolute atomic E-state index is 0.109. The van der Waals surface area contributed by atoms with Crippen molar-refractivity contribution < 1.29 is 9.84 Å². The van der Waals surface area contributed by atoms with E-state index >= 15 is 0 Å². The molecule has 0 aliphatic carbocycles. The molecule has 0 aliphatic heterocycles. The number of nitrogens with zero attached hydrogens (tertiary/aromatic N) is 1. The van der Waals surface area contributed by atoms with Crippen LogP contribution in [0.2, 0.25) is 0 Å². The number of para-hydroxylation sites is 1. The van der Waals surface area contributed by atoms with Gasteiger partial charge in [0, 0.05) is 11.8 Å². The first-order valence-electron chi connectivity index (χ1n) is 6.62. The molecule has 20 heavy (non-hydrogen) atoms. The summed E-state index contributed by atoms with van der Waals surface area (Å²) >= 11 is 0. The van der Waals surface area contributed by atoms with E-state index in [2.05, 4.69) is 31.0 Å². The SMILES string of the molecule is COc1cccc(C=Nc2ccc(C(C)C)cc2)c1O. The Labute approximate surface area is 119 Å². The summed E-state index contributed by atoms with van der Waals surface area (Å²) in [4.78, 5) is 4.37. The van der Waals surface area contributed by atoms with Crippen molar-refractivity contribution in [2.45, 2.75) is 19.8 Å². The van der Waals surface area contributed by atoms with E-state index in [0.29, 0.717) is 17.2 Å². The van der Waals surface area contributed by atoms with Crippen LogP contribution in [0, 0.1) is 0 Å². The fourth-order valence-electron chi connectivity index (χ4n) is 1.90. The second-order valence-electron chi connectivity index (χ2n) is 4.90. The maximum atomic E-state index is 9.97. The predicted octanol–water partition coefficient (Wildman–Crippen LogP) is 4.27. The van der Waals surface area contributed by atoms with Gasteiger partial charge in [-0.2, -0.15) is 0 Å². The monoisotopic (exact) mass is 269 g/mol. The molecule has 0 bridgehead atoms. The van der Waals surface area contributed by atoms with Gasteiger partial charge in [0.05, 0.1) is 12.8 Å². The third-order valence-corrected chi connectivity index (χ3v) is 3.16. The topological polar surface area (TPSA) is 41.8 Å². The van der Waals surface area contributed by atoms with Crippen LogP contribution in [-0.4, -0.2) is 18.4 Å². The van der Waals surface area contributed by atoms with Crippen LogP contribution in [-0.2, 0) is 0 Å². The highest BCUT2D eigenvalue weighted by molar-refractivity contribution is 5.86. The number of methoxy groups -OCH3 is 1. The number of benzene rings is 2. The van der Waals surface area contributed by atoms with Crippen molar-refractivity contribution in [3.63, 3.8) is 0 Å². The number of aliphatic imine (C=N–C) groups is 1. The zero-order chi connectivity index (χ0) is 14.5. The van der Waals surface area contributed by atoms with E-state index in [0.717, 1.165) is 5.69 Å². The molecule has 2 rings (SSSR count). The first kappa shape index (κ1) is 14.1. The molecular weight excluding hydrogens is 250 g/mol. The van der Waals surface area contributed by atoms with Crippen molar-refractivity contribution in [3.05, 3.63) is 53.6 Å². The van der Waals surface area contributed by atoms with Gasteiger partial charge in [-0.3, -0.25) is 4.99 Å². The van der Waals surface area contributed by atoms with Crippen molar-refractivity contribution in [2.24, 2.45) is 4.99 Å². The molecule has 0 aromatic heterocycles. The molecule has 0 saturated heterocycles. The third kappa shape index (κ3) is 3.18. The minimum Gasteiger partial charge on any atom is -0.504 e. The van der Waals surface area contributed by atoms with Gasteiger partial charge in [0.1, 0.15) is 0 Å². The van der Waals surface area contributed by atoms with Gasteiger partial charge in [-0.25, -0.2) is 0 Å². The molecule has 0 saturated carbocycles. The Balaban J connectivity index is 2.21. The van der Waals surface area contributed by atoms with Crippen LogP contribution in [0.4, 0.5) is 5.69 Å². The molecular formula is C17H19NO2. The molecule has 104 valence electrons. The molecule has 0 radical (unpaired) electrons. The normalized spacial score (nSPS) is 11.2. The number of phenols is 1. The Kier molecular flexibility index (Phi) is 4.41. The molecule has 1 N–H and O–H groups in total. The average molecular weight is 269 g/mol. The maximum Gasteiger partial charge on any atom is 0.166 e. The van der Waals surface area contributed by atoms with Crippen LogP contribution in [0.5, 0.6) is 11.5 Å². The van der Waals surface area contributed by atoms with E-state index < -0.39 is 0 Å². The molecule has 3 heteroatoms. The quantitative estimate of drug-likeness (QED) is 0.842. The second kappa shape index (κ2) is 6.24. The fourth-order valence-corrected chi connectivity index (χ4v) is 1.90. The first-order chi connectivity index (χ1) is 9.61. The highest BCUT2D eigenvalue weighted by Crippen LogP contribution is 2.28. The van der Waals surface area contributed by atoms with Gasteiger partial charge < -0.3 is 9.84 Å². The van der Waals surface area contributed by atoms with Crippen molar-refractivity contribution in [3.8, 4) is 11.5 Å². The molecule has 0 fully saturated rings. The standard InChI is InChI=1S/C17H19NO2/c1-12(2)13-7-9-15(10-8-13)18-11-14-5-4-6-16(20-3)17(14)19/h4-12,19H,1-3H3. The number of hydrogen-bond donors (Lipinski definition) is 1. The second-order valence-corrected chi connectivity index (χ2v) is 4.90. The maximum absolute atomic E-state index is 9.97. The Morgan fingerprint density at radius 3 is 2.40 bits per heavy atom. The van der Waals surface area contributed by atoms with Crippen LogP contribution in [0.3, 0.4) is 0 Å². The van der Waals surface area contributed by atoms with Crippen molar-refractivity contribution >= 4 is 11.9 Å². The summed E-state index contributed by atoms with van der Waals surface area (Å²) in [5.41, 5.74) is 2.78. The highest BCUT2D eigenvalue weighted by Gasteiger charge is 2.04. The molecule has 0 amide bonds. The summed E-state index contributed by atoms with van der Waals surface area (Å²) < 4.78 is 5.07. The minimum atomic E-state index is 0.109. The number of ether oxygens (including phenoxy) is 1. The molecule has 2 aromatic rings. The number of hydrogen-bond acceptors (Lipinski definition) is 3. The van der Waals surface area contributed by atoms with Crippen molar-refractivity contribution in [1.29, 1.82) is 0 Å². The van der Waals surface area contributed by atoms with Crippen LogP contribution < -0.4 is 4.74 Å². The molecule has 0 spiro atoms.